The monoisotopic (exact) mass is 604 g/mol. The second-order valence-corrected chi connectivity index (χ2v) is 17.9. The number of sulfonamides is 1. The molecule has 0 heterocycles. The molecule has 0 unspecified atom stereocenters. The Morgan fingerprint density at radius 2 is 1.67 bits per heavy atom. The minimum atomic E-state index is -3.74. The van der Waals surface area contributed by atoms with Crippen molar-refractivity contribution in [3.8, 4) is 11.8 Å². The van der Waals surface area contributed by atoms with Crippen molar-refractivity contribution in [2.75, 3.05) is 13.1 Å². The summed E-state index contributed by atoms with van der Waals surface area (Å²) in [5, 5.41) is 0. The van der Waals surface area contributed by atoms with Gasteiger partial charge in [-0.2, -0.15) is 4.31 Å². The Bertz CT molecular complexity index is 1170. The van der Waals surface area contributed by atoms with Gasteiger partial charge in [-0.05, 0) is 50.3 Å². The molecular weight excluding hydrogens is 577 g/mol. The standard InChI is InChI=1S/C26H29NO4S.3ClH.Ti/c1-22-13-15-25(16-14-22)32(29,30)27(20-8-12-24-10-4-3-5-11-24)21-9-19-26(31-23(2)28)17-6-7-18-26;;;;/h3-5,8,10-16H,6-7,17-18,20-21H2,1-2H3;3*1H;/q;;;;+3/p-3/b12-8+;;;;. The maximum absolute atomic E-state index is 13.3. The molecule has 0 saturated heterocycles. The molecule has 36 heavy (non-hydrogen) atoms. The molecule has 3 rings (SSSR count). The molecule has 0 amide bonds. The molecule has 5 nitrogen and oxygen atoms in total. The first-order valence-electron chi connectivity index (χ1n) is 11.4. The zero-order chi connectivity index (χ0) is 26.6. The molecule has 1 saturated carbocycles. The predicted octanol–water partition coefficient (Wildman–Crippen LogP) is 6.64. The van der Waals surface area contributed by atoms with Crippen molar-refractivity contribution >= 4 is 50.0 Å². The number of esters is 1. The summed E-state index contributed by atoms with van der Waals surface area (Å²) in [6.07, 6.45) is 6.94. The third-order valence-electron chi connectivity index (χ3n) is 5.40. The van der Waals surface area contributed by atoms with Crippen LogP contribution in [0, 0.1) is 18.8 Å². The summed E-state index contributed by atoms with van der Waals surface area (Å²) in [4.78, 5) is 11.8. The summed E-state index contributed by atoms with van der Waals surface area (Å²) in [5.41, 5.74) is 1.18. The van der Waals surface area contributed by atoms with Crippen LogP contribution in [0.25, 0.3) is 6.08 Å². The van der Waals surface area contributed by atoms with E-state index in [1.165, 1.54) is 11.2 Å². The van der Waals surface area contributed by atoms with Gasteiger partial charge in [0.25, 0.3) is 0 Å². The van der Waals surface area contributed by atoms with Crippen molar-refractivity contribution in [2.24, 2.45) is 0 Å². The van der Waals surface area contributed by atoms with Gasteiger partial charge in [-0.1, -0.05) is 72.0 Å². The van der Waals surface area contributed by atoms with Crippen molar-refractivity contribution in [1.82, 2.24) is 4.31 Å². The summed E-state index contributed by atoms with van der Waals surface area (Å²) in [7, 11) is 11.2. The predicted molar refractivity (Wildman–Crippen MR) is 144 cm³/mol. The number of hydrogen-bond acceptors (Lipinski definition) is 4. The van der Waals surface area contributed by atoms with Gasteiger partial charge >= 0.3 is 48.6 Å². The normalized spacial score (nSPS) is 14.5. The first kappa shape index (κ1) is 30.9. The average Bonchev–Trinajstić information content (AvgIpc) is 3.26. The first-order chi connectivity index (χ1) is 17.0. The Hall–Kier alpha value is -1.30. The summed E-state index contributed by atoms with van der Waals surface area (Å²) in [5.74, 6) is 5.70. The van der Waals surface area contributed by atoms with Gasteiger partial charge in [0.2, 0.25) is 10.0 Å². The van der Waals surface area contributed by atoms with Crippen molar-refractivity contribution in [2.45, 2.75) is 50.0 Å². The van der Waals surface area contributed by atoms with E-state index in [1.54, 1.807) is 24.3 Å². The van der Waals surface area contributed by atoms with E-state index in [0.717, 1.165) is 24.0 Å². The van der Waals surface area contributed by atoms with Gasteiger partial charge in [0.05, 0.1) is 11.4 Å². The van der Waals surface area contributed by atoms with Crippen LogP contribution in [0.5, 0.6) is 0 Å². The van der Waals surface area contributed by atoms with E-state index in [1.807, 2.05) is 49.4 Å². The molecule has 2 aromatic rings. The van der Waals surface area contributed by atoms with Crippen LogP contribution in [-0.2, 0) is 34.2 Å². The first-order valence-corrected chi connectivity index (χ1v) is 19.2. The number of carbonyl (C=O) groups excluding carboxylic acids is 1. The van der Waals surface area contributed by atoms with Crippen LogP contribution in [-0.4, -0.2) is 37.4 Å². The van der Waals surface area contributed by atoms with Crippen LogP contribution in [0.3, 0.4) is 0 Å². The number of ether oxygens (including phenoxy) is 1. The molecule has 0 aliphatic heterocycles. The van der Waals surface area contributed by atoms with E-state index < -0.39 is 30.3 Å². The maximum atomic E-state index is 13.3. The van der Waals surface area contributed by atoms with Gasteiger partial charge in [0.1, 0.15) is 0 Å². The van der Waals surface area contributed by atoms with Gasteiger partial charge < -0.3 is 4.74 Å². The van der Waals surface area contributed by atoms with Crippen LogP contribution in [0.2, 0.25) is 0 Å². The molecule has 10 heteroatoms. The van der Waals surface area contributed by atoms with Crippen molar-refractivity contribution in [3.63, 3.8) is 0 Å². The Balaban J connectivity index is 0.00000106. The number of aryl methyl sites for hydroxylation is 1. The topological polar surface area (TPSA) is 63.7 Å². The molecule has 1 fully saturated rings. The molecule has 0 atom stereocenters. The van der Waals surface area contributed by atoms with Gasteiger partial charge in [0, 0.05) is 13.5 Å². The fraction of sp³-hybridized carbons (Fsp3) is 0.346. The molecule has 0 N–H and O–H groups in total. The molecule has 0 radical (unpaired) electrons. The Kier molecular flexibility index (Phi) is 13.1. The minimum absolute atomic E-state index is 0.0123. The molecule has 0 aromatic heterocycles. The van der Waals surface area contributed by atoms with Gasteiger partial charge in [-0.25, -0.2) is 8.42 Å². The van der Waals surface area contributed by atoms with Gasteiger partial charge in [-0.15, -0.1) is 0 Å². The molecule has 193 valence electrons. The van der Waals surface area contributed by atoms with E-state index in [4.69, 9.17) is 32.7 Å². The van der Waals surface area contributed by atoms with Crippen LogP contribution >= 0.6 is 27.9 Å². The summed E-state index contributed by atoms with van der Waals surface area (Å²) in [6, 6.07) is 16.5. The molecule has 1 aliphatic carbocycles. The van der Waals surface area contributed by atoms with Crippen molar-refractivity contribution < 1.29 is 32.6 Å². The quantitative estimate of drug-likeness (QED) is 0.202. The summed E-state index contributed by atoms with van der Waals surface area (Å²) in [6.45, 7) is 3.49. The Morgan fingerprint density at radius 1 is 1.08 bits per heavy atom. The fourth-order valence-corrected chi connectivity index (χ4v) is 5.04. The number of carbonyl (C=O) groups is 1. The van der Waals surface area contributed by atoms with E-state index >= 15 is 0 Å². The van der Waals surface area contributed by atoms with Gasteiger partial charge in [-0.3, -0.25) is 4.79 Å². The second kappa shape index (κ2) is 15.2. The van der Waals surface area contributed by atoms with Crippen LogP contribution in [0.4, 0.5) is 0 Å². The van der Waals surface area contributed by atoms with Crippen molar-refractivity contribution in [1.29, 1.82) is 0 Å². The zero-order valence-corrected chi connectivity index (χ0v) is 24.9. The van der Waals surface area contributed by atoms with Crippen LogP contribution in [0.15, 0.2) is 65.6 Å². The third-order valence-corrected chi connectivity index (χ3v) is 7.23. The van der Waals surface area contributed by atoms with Crippen molar-refractivity contribution in [3.05, 3.63) is 71.8 Å². The number of hydrogen-bond donors (Lipinski definition) is 0. The molecule has 1 aliphatic rings. The molecule has 2 aromatic carbocycles. The van der Waals surface area contributed by atoms with E-state index in [2.05, 4.69) is 11.8 Å². The van der Waals surface area contributed by atoms with Crippen LogP contribution < -0.4 is 0 Å². The molecule has 0 spiro atoms. The zero-order valence-electron chi connectivity index (χ0n) is 20.2. The van der Waals surface area contributed by atoms with Gasteiger partial charge in [0.15, 0.2) is 5.60 Å². The van der Waals surface area contributed by atoms with E-state index in [9.17, 15) is 13.2 Å². The Morgan fingerprint density at radius 3 is 2.22 bits per heavy atom. The number of rotatable bonds is 7. The molecular formula is C26H29Cl3NO4STi. The second-order valence-electron chi connectivity index (χ2n) is 8.23. The third kappa shape index (κ3) is 10.6. The van der Waals surface area contributed by atoms with E-state index in [-0.39, 0.29) is 24.0 Å². The average molecular weight is 606 g/mol. The fourth-order valence-electron chi connectivity index (χ4n) is 3.74. The molecule has 0 bridgehead atoms. The van der Waals surface area contributed by atoms with Crippen LogP contribution in [0.1, 0.15) is 43.7 Å². The summed E-state index contributed by atoms with van der Waals surface area (Å²) >= 11 is -1.92. The SMILES string of the molecule is CC(=O)OC1(C#CCN(C/C=C/c2ccccc2)S(=O)(=O)c2ccc(C)cc2)CCCC1.[Cl][Ti]([Cl])[Cl]. The number of nitrogens with zero attached hydrogens (tertiary/aromatic N) is 1. The Labute approximate surface area is 232 Å². The summed E-state index contributed by atoms with van der Waals surface area (Å²) < 4.78 is 33.5. The number of halogens is 3. The number of benzene rings is 2. The van der Waals surface area contributed by atoms with E-state index in [0.29, 0.717) is 12.8 Å².